The number of hydrogen-bond donors (Lipinski definition) is 1. The fourth-order valence-corrected chi connectivity index (χ4v) is 4.58. The first-order valence-electron chi connectivity index (χ1n) is 6.33. The van der Waals surface area contributed by atoms with Gasteiger partial charge in [0.1, 0.15) is 5.82 Å². The molecule has 0 bridgehead atoms. The largest absolute Gasteiger partial charge is 0.393 e. The third-order valence-electron chi connectivity index (χ3n) is 3.68. The predicted molar refractivity (Wildman–Crippen MR) is 64.8 cm³/mol. The Hall–Kier alpha value is -0.950. The molecular weight excluding hydrogens is 254 g/mol. The van der Waals surface area contributed by atoms with Crippen LogP contribution in [0.15, 0.2) is 0 Å². The molecule has 0 aliphatic carbocycles. The fourth-order valence-electron chi connectivity index (χ4n) is 2.72. The van der Waals surface area contributed by atoms with Crippen molar-refractivity contribution < 1.29 is 13.5 Å². The molecule has 0 radical (unpaired) electrons. The quantitative estimate of drug-likeness (QED) is 0.788. The summed E-state index contributed by atoms with van der Waals surface area (Å²) in [6.45, 7) is 0.701. The van der Waals surface area contributed by atoms with E-state index in [0.29, 0.717) is 31.6 Å². The highest BCUT2D eigenvalue weighted by Crippen LogP contribution is 2.22. The molecule has 1 aromatic rings. The summed E-state index contributed by atoms with van der Waals surface area (Å²) in [4.78, 5) is 4.41. The lowest BCUT2D eigenvalue weighted by Gasteiger charge is -2.16. The highest BCUT2D eigenvalue weighted by atomic mass is 32.2. The number of rotatable bonds is 2. The van der Waals surface area contributed by atoms with Gasteiger partial charge in [0.15, 0.2) is 15.7 Å². The standard InChI is InChI=1S/C11H17N3O3S/c15-9-1-3-14-11(6-9)12-10(13-14)5-8-2-4-18(16,17)7-8/h8-9,15H,1-7H2. The number of fused-ring (bicyclic) bond motifs is 1. The van der Waals surface area contributed by atoms with E-state index in [9.17, 15) is 13.5 Å². The van der Waals surface area contributed by atoms with Crippen LogP contribution in [-0.2, 0) is 29.2 Å². The molecular formula is C11H17N3O3S. The third kappa shape index (κ3) is 2.42. The Bertz CT molecular complexity index is 552. The third-order valence-corrected chi connectivity index (χ3v) is 5.52. The molecule has 0 saturated carbocycles. The van der Waals surface area contributed by atoms with Crippen LogP contribution in [0.4, 0.5) is 0 Å². The summed E-state index contributed by atoms with van der Waals surface area (Å²) < 4.78 is 24.6. The molecule has 0 amide bonds. The summed E-state index contributed by atoms with van der Waals surface area (Å²) >= 11 is 0. The number of aromatic nitrogens is 3. The van der Waals surface area contributed by atoms with Crippen LogP contribution in [0.1, 0.15) is 24.5 Å². The zero-order chi connectivity index (χ0) is 12.8. The molecule has 1 N–H and O–H groups in total. The Morgan fingerprint density at radius 3 is 2.94 bits per heavy atom. The average molecular weight is 271 g/mol. The smallest absolute Gasteiger partial charge is 0.151 e. The van der Waals surface area contributed by atoms with Crippen LogP contribution in [0.5, 0.6) is 0 Å². The van der Waals surface area contributed by atoms with Crippen molar-refractivity contribution in [2.24, 2.45) is 5.92 Å². The molecule has 1 fully saturated rings. The maximum absolute atomic E-state index is 11.4. The highest BCUT2D eigenvalue weighted by Gasteiger charge is 2.29. The van der Waals surface area contributed by atoms with Gasteiger partial charge in [-0.25, -0.2) is 18.1 Å². The van der Waals surface area contributed by atoms with Gasteiger partial charge in [-0.05, 0) is 18.8 Å². The summed E-state index contributed by atoms with van der Waals surface area (Å²) in [5.41, 5.74) is 0. The van der Waals surface area contributed by atoms with Crippen LogP contribution < -0.4 is 0 Å². The van der Waals surface area contributed by atoms with E-state index < -0.39 is 9.84 Å². The maximum atomic E-state index is 11.4. The number of aliphatic hydroxyl groups is 1. The highest BCUT2D eigenvalue weighted by molar-refractivity contribution is 7.91. The number of nitrogens with zero attached hydrogens (tertiary/aromatic N) is 3. The van der Waals surface area contributed by atoms with Crippen molar-refractivity contribution in [2.75, 3.05) is 11.5 Å². The number of aryl methyl sites for hydroxylation is 1. The van der Waals surface area contributed by atoms with Gasteiger partial charge in [-0.3, -0.25) is 0 Å². The summed E-state index contributed by atoms with van der Waals surface area (Å²) in [5.74, 6) is 2.26. The van der Waals surface area contributed by atoms with Crippen LogP contribution in [0.2, 0.25) is 0 Å². The van der Waals surface area contributed by atoms with Crippen LogP contribution in [-0.4, -0.2) is 45.9 Å². The minimum atomic E-state index is -2.83. The van der Waals surface area contributed by atoms with E-state index in [-0.39, 0.29) is 17.8 Å². The molecule has 2 aliphatic rings. The van der Waals surface area contributed by atoms with Gasteiger partial charge in [-0.15, -0.1) is 0 Å². The molecule has 100 valence electrons. The van der Waals surface area contributed by atoms with E-state index in [1.165, 1.54) is 0 Å². The second-order valence-electron chi connectivity index (χ2n) is 5.29. The SMILES string of the molecule is O=S1(=O)CCC(Cc2nc3n(n2)CCC(O)C3)C1. The normalized spacial score (nSPS) is 30.3. The number of aliphatic hydroxyl groups excluding tert-OH is 1. The van der Waals surface area contributed by atoms with E-state index >= 15 is 0 Å². The lowest BCUT2D eigenvalue weighted by Crippen LogP contribution is -2.23. The van der Waals surface area contributed by atoms with Crippen molar-refractivity contribution in [1.82, 2.24) is 14.8 Å². The lowest BCUT2D eigenvalue weighted by molar-refractivity contribution is 0.138. The van der Waals surface area contributed by atoms with Crippen molar-refractivity contribution in [3.05, 3.63) is 11.6 Å². The molecule has 2 aliphatic heterocycles. The molecule has 6 nitrogen and oxygen atoms in total. The van der Waals surface area contributed by atoms with Gasteiger partial charge in [0.2, 0.25) is 0 Å². The average Bonchev–Trinajstić information content (AvgIpc) is 2.81. The summed E-state index contributed by atoms with van der Waals surface area (Å²) in [6, 6.07) is 0. The van der Waals surface area contributed by atoms with Gasteiger partial charge < -0.3 is 5.11 Å². The first kappa shape index (κ1) is 12.1. The van der Waals surface area contributed by atoms with Gasteiger partial charge in [0.05, 0.1) is 17.6 Å². The fraction of sp³-hybridized carbons (Fsp3) is 0.818. The zero-order valence-electron chi connectivity index (χ0n) is 10.1. The first-order chi connectivity index (χ1) is 8.52. The Kier molecular flexibility index (Phi) is 2.90. The van der Waals surface area contributed by atoms with Gasteiger partial charge in [-0.1, -0.05) is 0 Å². The molecule has 1 saturated heterocycles. The molecule has 3 rings (SSSR count). The molecule has 0 aromatic carbocycles. The van der Waals surface area contributed by atoms with Crippen LogP contribution >= 0.6 is 0 Å². The Morgan fingerprint density at radius 2 is 2.22 bits per heavy atom. The van der Waals surface area contributed by atoms with Gasteiger partial charge in [-0.2, -0.15) is 5.10 Å². The molecule has 1 aromatic heterocycles. The summed E-state index contributed by atoms with van der Waals surface area (Å²) in [6.07, 6.45) is 2.30. The van der Waals surface area contributed by atoms with Gasteiger partial charge >= 0.3 is 0 Å². The summed E-state index contributed by atoms with van der Waals surface area (Å²) in [5, 5.41) is 14.0. The number of hydrogen-bond acceptors (Lipinski definition) is 5. The van der Waals surface area contributed by atoms with E-state index in [1.54, 1.807) is 0 Å². The van der Waals surface area contributed by atoms with E-state index in [4.69, 9.17) is 0 Å². The second-order valence-corrected chi connectivity index (χ2v) is 7.52. The Labute approximate surface area is 106 Å². The second kappa shape index (κ2) is 4.31. The van der Waals surface area contributed by atoms with Gasteiger partial charge in [0.25, 0.3) is 0 Å². The van der Waals surface area contributed by atoms with Crippen LogP contribution in [0.25, 0.3) is 0 Å². The van der Waals surface area contributed by atoms with Crippen molar-refractivity contribution in [3.63, 3.8) is 0 Å². The molecule has 2 atom stereocenters. The maximum Gasteiger partial charge on any atom is 0.151 e. The minimum Gasteiger partial charge on any atom is -0.393 e. The predicted octanol–water partition coefficient (Wildman–Crippen LogP) is -0.438. The monoisotopic (exact) mass is 271 g/mol. The van der Waals surface area contributed by atoms with Gasteiger partial charge in [0, 0.05) is 19.4 Å². The molecule has 18 heavy (non-hydrogen) atoms. The van der Waals surface area contributed by atoms with Crippen LogP contribution in [0.3, 0.4) is 0 Å². The molecule has 0 spiro atoms. The Morgan fingerprint density at radius 1 is 1.39 bits per heavy atom. The van der Waals surface area contributed by atoms with Crippen molar-refractivity contribution in [2.45, 2.75) is 38.3 Å². The van der Waals surface area contributed by atoms with Crippen molar-refractivity contribution in [3.8, 4) is 0 Å². The van der Waals surface area contributed by atoms with Crippen molar-refractivity contribution >= 4 is 9.84 Å². The molecule has 3 heterocycles. The van der Waals surface area contributed by atoms with Crippen molar-refractivity contribution in [1.29, 1.82) is 0 Å². The Balaban J connectivity index is 1.71. The topological polar surface area (TPSA) is 85.1 Å². The van der Waals surface area contributed by atoms with Crippen LogP contribution in [0, 0.1) is 5.92 Å². The van der Waals surface area contributed by atoms with E-state index in [2.05, 4.69) is 10.1 Å². The molecule has 2 unspecified atom stereocenters. The molecule has 7 heteroatoms. The zero-order valence-corrected chi connectivity index (χ0v) is 10.9. The minimum absolute atomic E-state index is 0.157. The van der Waals surface area contributed by atoms with E-state index in [1.807, 2.05) is 4.68 Å². The first-order valence-corrected chi connectivity index (χ1v) is 8.15. The number of sulfone groups is 1. The van der Waals surface area contributed by atoms with E-state index in [0.717, 1.165) is 18.1 Å². The lowest BCUT2D eigenvalue weighted by atomic mass is 10.1. The summed E-state index contributed by atoms with van der Waals surface area (Å²) in [7, 11) is -2.83.